The number of nitrogens with zero attached hydrogens (tertiary/aromatic N) is 4. The number of rotatable bonds is 11. The normalized spacial score (nSPS) is 12.3. The molecule has 0 amide bonds. The maximum atomic E-state index is 13.2. The number of carbonyl (C=O) groups is 2. The minimum absolute atomic E-state index is 0. The van der Waals surface area contributed by atoms with Crippen molar-refractivity contribution in [3.8, 4) is 45.3 Å². The van der Waals surface area contributed by atoms with Crippen molar-refractivity contribution in [1.29, 1.82) is 0 Å². The van der Waals surface area contributed by atoms with Crippen LogP contribution in [0.4, 0.5) is 0 Å². The topological polar surface area (TPSA) is 121 Å². The Morgan fingerprint density at radius 3 is 1.37 bits per heavy atom. The predicted molar refractivity (Wildman–Crippen MR) is 415 cm³/mol. The van der Waals surface area contributed by atoms with Gasteiger partial charge in [0, 0.05) is 39.2 Å². The van der Waals surface area contributed by atoms with Gasteiger partial charge in [-0.05, 0) is 193 Å². The first-order valence-electron chi connectivity index (χ1n) is 33.7. The van der Waals surface area contributed by atoms with Crippen molar-refractivity contribution in [2.75, 3.05) is 14.2 Å². The average molecular weight is 1580 g/mol. The quantitative estimate of drug-likeness (QED) is 0.0410. The predicted octanol–water partition coefficient (Wildman–Crippen LogP) is 20.4. The number of allylic oxidation sites excluding steroid dienone is 1. The Balaban J connectivity index is 0.000000188. The highest BCUT2D eigenvalue weighted by Gasteiger charge is 2.27. The summed E-state index contributed by atoms with van der Waals surface area (Å²) in [4.78, 5) is 40.0. The fourth-order valence-corrected chi connectivity index (χ4v) is 12.5. The molecular weight excluding hydrogens is 1480 g/mol. The van der Waals surface area contributed by atoms with Crippen LogP contribution in [0.5, 0.6) is 11.5 Å². The van der Waals surface area contributed by atoms with Gasteiger partial charge in [0.15, 0.2) is 18.2 Å². The van der Waals surface area contributed by atoms with Gasteiger partial charge in [0.05, 0.1) is 36.9 Å². The molecule has 10 nitrogen and oxygen atoms in total. The number of carbonyl (C=O) groups excluding carboxylic acids is 2. The second-order valence-electron chi connectivity index (χ2n) is 31.9. The molecule has 0 aliphatic carbocycles. The van der Waals surface area contributed by atoms with E-state index in [1.165, 1.54) is 27.8 Å². The standard InChI is InChI=1S/C41H43BrN2O2.C30H32O3.C16H18BrN2O.HI/c1-39(2,3)26-15-24(16-27(19-26)40(4,5)6)25-17-32(43-33(18-25)34-20-28(41(7,8)9)21-38(42)44-34)31-23-37-30(22-36(31)45-10)29-13-11-12-14-35(29)46-37;1-29(2,3)20-14-19(15-21(16-20)30(4,5)6)12-13-25(31)24-18-28-23(17-27(24)32-7)22-10-8-9-11-26(22)33-28;1-16(2,3)12-9-13(18-15(17)10-12)14(20)11-19-7-5-4-6-8-19;/h11-23H,1-10H3;8-18H,1-7H3;4-10H,11H2,1-3H3;1H/q;;+1;/p-1/b;13-12+;;. The van der Waals surface area contributed by atoms with Crippen LogP contribution in [0.15, 0.2) is 200 Å². The van der Waals surface area contributed by atoms with Gasteiger partial charge in [-0.15, -0.1) is 0 Å². The van der Waals surface area contributed by atoms with E-state index in [1.807, 2.05) is 102 Å². The molecule has 0 spiro atoms. The SMILES string of the molecule is CC(C)(C)c1cc(Br)nc(C(=O)C[n+]2ccccc2)c1.COc1cc2c(cc1-c1cc(-c3cc(C(C)(C)C)cc(C(C)(C)C)c3)cc(-c3cc(C(C)(C)C)cc(Br)n3)n1)oc1ccccc12.COc1cc2c(cc1C(=O)/C=C/c1cc(C(C)(C)C)cc(C(C)(C)C)c1)oc1ccccc12.[I-]. The van der Waals surface area contributed by atoms with Gasteiger partial charge < -0.3 is 42.3 Å². The molecule has 12 aromatic rings. The van der Waals surface area contributed by atoms with E-state index < -0.39 is 0 Å². The lowest BCUT2D eigenvalue weighted by Crippen LogP contribution is -3.00. The second kappa shape index (κ2) is 29.8. The van der Waals surface area contributed by atoms with Crippen molar-refractivity contribution in [3.63, 3.8) is 0 Å². The monoisotopic (exact) mass is 1570 g/mol. The van der Waals surface area contributed by atoms with Crippen molar-refractivity contribution >= 4 is 93.4 Å². The number of pyridine rings is 4. The summed E-state index contributed by atoms with van der Waals surface area (Å²) in [6.45, 7) is 40.2. The van der Waals surface area contributed by atoms with Gasteiger partial charge >= 0.3 is 0 Å². The molecule has 0 aliphatic heterocycles. The first-order valence-corrected chi connectivity index (χ1v) is 35.3. The molecule has 6 aromatic carbocycles. The molecule has 0 radical (unpaired) electrons. The molecule has 0 unspecified atom stereocenters. The van der Waals surface area contributed by atoms with Crippen LogP contribution in [0.1, 0.15) is 184 Å². The molecule has 12 rings (SSSR count). The molecule has 518 valence electrons. The van der Waals surface area contributed by atoms with Crippen LogP contribution in [0.2, 0.25) is 0 Å². The molecule has 0 atom stereocenters. The third-order valence-corrected chi connectivity index (χ3v) is 18.7. The van der Waals surface area contributed by atoms with E-state index in [2.05, 4.69) is 240 Å². The molecule has 0 saturated heterocycles. The lowest BCUT2D eigenvalue weighted by Gasteiger charge is -2.26. The van der Waals surface area contributed by atoms with E-state index >= 15 is 0 Å². The third kappa shape index (κ3) is 18.0. The van der Waals surface area contributed by atoms with Crippen LogP contribution in [0, 0.1) is 0 Å². The summed E-state index contributed by atoms with van der Waals surface area (Å²) in [6, 6.07) is 55.6. The van der Waals surface area contributed by atoms with Gasteiger partial charge in [-0.2, -0.15) is 4.57 Å². The Morgan fingerprint density at radius 1 is 0.430 bits per heavy atom. The van der Waals surface area contributed by atoms with E-state index in [1.54, 1.807) is 26.4 Å². The average Bonchev–Trinajstić information content (AvgIpc) is 1.48. The number of fused-ring (bicyclic) bond motifs is 6. The number of para-hydroxylation sites is 2. The van der Waals surface area contributed by atoms with Gasteiger partial charge in [-0.25, -0.2) is 15.0 Å². The summed E-state index contributed by atoms with van der Waals surface area (Å²) >= 11 is 7.08. The maximum absolute atomic E-state index is 13.2. The molecule has 100 heavy (non-hydrogen) atoms. The molecule has 13 heteroatoms. The summed E-state index contributed by atoms with van der Waals surface area (Å²) in [7, 11) is 3.30. The number of Topliss-reactive ketones (excluding diaryl/α,β-unsaturated/α-hetero) is 1. The van der Waals surface area contributed by atoms with Crippen molar-refractivity contribution in [3.05, 3.63) is 242 Å². The van der Waals surface area contributed by atoms with E-state index in [-0.39, 0.29) is 68.0 Å². The highest BCUT2D eigenvalue weighted by molar-refractivity contribution is 9.10. The molecule has 6 aromatic heterocycles. The lowest BCUT2D eigenvalue weighted by molar-refractivity contribution is -0.683. The molecular formula is C87H93Br2IN4O6. The highest BCUT2D eigenvalue weighted by Crippen LogP contribution is 2.43. The van der Waals surface area contributed by atoms with Crippen LogP contribution < -0.4 is 38.0 Å². The number of furan rings is 2. The first kappa shape index (κ1) is 76.1. The summed E-state index contributed by atoms with van der Waals surface area (Å²) in [5.74, 6) is 1.18. The zero-order valence-electron chi connectivity index (χ0n) is 61.5. The second-order valence-corrected chi connectivity index (χ2v) is 33.5. The van der Waals surface area contributed by atoms with Crippen LogP contribution >= 0.6 is 31.9 Å². The number of methoxy groups -OCH3 is 2. The Labute approximate surface area is 624 Å². The summed E-state index contributed by atoms with van der Waals surface area (Å²) in [6.07, 6.45) is 7.27. The van der Waals surface area contributed by atoms with Gasteiger partial charge in [0.1, 0.15) is 48.7 Å². The molecule has 6 heterocycles. The van der Waals surface area contributed by atoms with Gasteiger partial charge in [-0.3, -0.25) is 9.59 Å². The molecule has 0 aliphatic rings. The van der Waals surface area contributed by atoms with E-state index in [0.29, 0.717) is 33.7 Å². The highest BCUT2D eigenvalue weighted by atomic mass is 127. The molecule has 0 bridgehead atoms. The number of ether oxygens (including phenoxy) is 2. The first-order chi connectivity index (χ1) is 46.3. The Bertz CT molecular complexity index is 4980. The summed E-state index contributed by atoms with van der Waals surface area (Å²) in [5, 5.41) is 4.03. The molecule has 0 fully saturated rings. The fraction of sp³-hybridized carbons (Fsp3) is 0.310. The minimum Gasteiger partial charge on any atom is -1.00 e. The number of aromatic nitrogens is 4. The van der Waals surface area contributed by atoms with Gasteiger partial charge in [0.2, 0.25) is 12.3 Å². The molecule has 0 N–H and O–H groups in total. The lowest BCUT2D eigenvalue weighted by atomic mass is 9.79. The van der Waals surface area contributed by atoms with Crippen molar-refractivity contribution in [1.82, 2.24) is 15.0 Å². The van der Waals surface area contributed by atoms with Crippen LogP contribution in [0.25, 0.3) is 83.7 Å². The van der Waals surface area contributed by atoms with Gasteiger partial charge in [0.25, 0.3) is 0 Å². The number of hydrogen-bond acceptors (Lipinski definition) is 9. The van der Waals surface area contributed by atoms with E-state index in [0.717, 1.165) is 93.5 Å². The van der Waals surface area contributed by atoms with Crippen LogP contribution in [0.3, 0.4) is 0 Å². The Kier molecular flexibility index (Phi) is 22.7. The molecule has 0 saturated carbocycles. The largest absolute Gasteiger partial charge is 1.00 e. The number of hydrogen-bond donors (Lipinski definition) is 0. The minimum atomic E-state index is -0.118. The van der Waals surface area contributed by atoms with Crippen molar-refractivity contribution < 1.29 is 56.4 Å². The zero-order valence-corrected chi connectivity index (χ0v) is 66.8. The van der Waals surface area contributed by atoms with Gasteiger partial charge in [-0.1, -0.05) is 210 Å². The summed E-state index contributed by atoms with van der Waals surface area (Å²) in [5.41, 5.74) is 17.9. The number of benzene rings is 6. The number of halogens is 3. The summed E-state index contributed by atoms with van der Waals surface area (Å²) < 4.78 is 27.2. The Hall–Kier alpha value is -8.11. The van der Waals surface area contributed by atoms with Crippen molar-refractivity contribution in [2.24, 2.45) is 0 Å². The number of ketones is 2. The van der Waals surface area contributed by atoms with Crippen LogP contribution in [-0.4, -0.2) is 40.7 Å². The van der Waals surface area contributed by atoms with E-state index in [4.69, 9.17) is 28.3 Å². The van der Waals surface area contributed by atoms with E-state index in [9.17, 15) is 9.59 Å². The maximum Gasteiger partial charge on any atom is 0.245 e. The van der Waals surface area contributed by atoms with Crippen LogP contribution in [-0.2, 0) is 39.0 Å². The smallest absolute Gasteiger partial charge is 0.245 e. The van der Waals surface area contributed by atoms with Crippen molar-refractivity contribution in [2.45, 2.75) is 164 Å². The third-order valence-electron chi connectivity index (χ3n) is 17.8. The Morgan fingerprint density at radius 2 is 0.860 bits per heavy atom. The fourth-order valence-electron chi connectivity index (χ4n) is 11.7. The zero-order chi connectivity index (χ0) is 71.9.